The Bertz CT molecular complexity index is 366. The number of benzene rings is 1. The lowest BCUT2D eigenvalue weighted by atomic mass is 9.81. The van der Waals surface area contributed by atoms with Gasteiger partial charge in [-0.25, -0.2) is 0 Å². The predicted octanol–water partition coefficient (Wildman–Crippen LogP) is 4.26. The second kappa shape index (κ2) is 5.44. The maximum atomic E-state index is 3.53. The van der Waals surface area contributed by atoms with Crippen molar-refractivity contribution in [2.45, 2.75) is 65.3 Å². The highest BCUT2D eigenvalue weighted by Crippen LogP contribution is 2.27. The van der Waals surface area contributed by atoms with E-state index in [9.17, 15) is 0 Å². The van der Waals surface area contributed by atoms with E-state index in [0.717, 1.165) is 6.54 Å². The molecule has 1 N–H and O–H groups in total. The Kier molecular flexibility index (Phi) is 4.61. The summed E-state index contributed by atoms with van der Waals surface area (Å²) in [7, 11) is 0. The summed E-state index contributed by atoms with van der Waals surface area (Å²) in [5, 5.41) is 3.53. The Morgan fingerprint density at radius 2 is 1.33 bits per heavy atom. The van der Waals surface area contributed by atoms with Crippen molar-refractivity contribution >= 4 is 0 Å². The SMILES string of the molecule is CC(C)NCC(C)(C)c1ccc(C(C)(C)C)cc1. The predicted molar refractivity (Wildman–Crippen MR) is 81.3 cm³/mol. The van der Waals surface area contributed by atoms with Crippen LogP contribution < -0.4 is 5.32 Å². The van der Waals surface area contributed by atoms with Gasteiger partial charge in [-0.15, -0.1) is 0 Å². The van der Waals surface area contributed by atoms with Gasteiger partial charge in [0.15, 0.2) is 0 Å². The zero-order valence-corrected chi connectivity index (χ0v) is 13.1. The summed E-state index contributed by atoms with van der Waals surface area (Å²) in [5.74, 6) is 0. The molecule has 1 nitrogen and oxygen atoms in total. The van der Waals surface area contributed by atoms with Crippen molar-refractivity contribution < 1.29 is 0 Å². The first kappa shape index (κ1) is 15.2. The van der Waals surface area contributed by atoms with E-state index >= 15 is 0 Å². The maximum absolute atomic E-state index is 3.53. The third-order valence-corrected chi connectivity index (χ3v) is 3.48. The Morgan fingerprint density at radius 1 is 0.889 bits per heavy atom. The van der Waals surface area contributed by atoms with Gasteiger partial charge in [0.1, 0.15) is 0 Å². The quantitative estimate of drug-likeness (QED) is 0.838. The molecule has 18 heavy (non-hydrogen) atoms. The monoisotopic (exact) mass is 247 g/mol. The zero-order chi connectivity index (χ0) is 14.0. The van der Waals surface area contributed by atoms with Crippen molar-refractivity contribution in [3.05, 3.63) is 35.4 Å². The Balaban J connectivity index is 2.84. The van der Waals surface area contributed by atoms with Crippen LogP contribution in [0, 0.1) is 0 Å². The summed E-state index contributed by atoms with van der Waals surface area (Å²) in [4.78, 5) is 0. The van der Waals surface area contributed by atoms with Crippen LogP contribution in [-0.2, 0) is 10.8 Å². The topological polar surface area (TPSA) is 12.0 Å². The largest absolute Gasteiger partial charge is 0.314 e. The molecule has 0 atom stereocenters. The molecule has 0 bridgehead atoms. The van der Waals surface area contributed by atoms with Crippen molar-refractivity contribution in [1.29, 1.82) is 0 Å². The molecule has 0 amide bonds. The summed E-state index contributed by atoms with van der Waals surface area (Å²) in [6, 6.07) is 9.64. The minimum absolute atomic E-state index is 0.181. The molecule has 1 heteroatoms. The van der Waals surface area contributed by atoms with E-state index in [1.807, 2.05) is 0 Å². The maximum Gasteiger partial charge on any atom is 0.00455 e. The van der Waals surface area contributed by atoms with Gasteiger partial charge in [0.2, 0.25) is 0 Å². The summed E-state index contributed by atoms with van der Waals surface area (Å²) >= 11 is 0. The van der Waals surface area contributed by atoms with Crippen molar-refractivity contribution in [2.24, 2.45) is 0 Å². The first-order valence-electron chi connectivity index (χ1n) is 6.97. The Morgan fingerprint density at radius 3 is 1.72 bits per heavy atom. The van der Waals surface area contributed by atoms with E-state index in [-0.39, 0.29) is 10.8 Å². The molecule has 0 radical (unpaired) electrons. The van der Waals surface area contributed by atoms with Crippen molar-refractivity contribution in [2.75, 3.05) is 6.54 Å². The second-order valence-corrected chi connectivity index (χ2v) is 7.25. The molecule has 102 valence electrons. The fourth-order valence-corrected chi connectivity index (χ4v) is 1.98. The molecule has 0 aliphatic carbocycles. The third kappa shape index (κ3) is 4.13. The molecule has 1 aromatic rings. The van der Waals surface area contributed by atoms with Gasteiger partial charge in [-0.3, -0.25) is 0 Å². The normalized spacial score (nSPS) is 13.1. The highest BCUT2D eigenvalue weighted by molar-refractivity contribution is 5.31. The van der Waals surface area contributed by atoms with E-state index in [1.165, 1.54) is 11.1 Å². The lowest BCUT2D eigenvalue weighted by Crippen LogP contribution is -2.36. The van der Waals surface area contributed by atoms with E-state index in [1.54, 1.807) is 0 Å². The summed E-state index contributed by atoms with van der Waals surface area (Å²) < 4.78 is 0. The van der Waals surface area contributed by atoms with Crippen LogP contribution in [0.4, 0.5) is 0 Å². The van der Waals surface area contributed by atoms with Gasteiger partial charge in [-0.2, -0.15) is 0 Å². The van der Waals surface area contributed by atoms with Gasteiger partial charge in [0, 0.05) is 18.0 Å². The van der Waals surface area contributed by atoms with Gasteiger partial charge in [-0.1, -0.05) is 72.7 Å². The first-order valence-corrected chi connectivity index (χ1v) is 6.97. The lowest BCUT2D eigenvalue weighted by Gasteiger charge is -2.28. The molecule has 0 aliphatic heterocycles. The molecule has 0 unspecified atom stereocenters. The lowest BCUT2D eigenvalue weighted by molar-refractivity contribution is 0.441. The summed E-state index contributed by atoms with van der Waals surface area (Å²) in [6.45, 7) is 16.8. The van der Waals surface area contributed by atoms with Crippen LogP contribution in [0.25, 0.3) is 0 Å². The highest BCUT2D eigenvalue weighted by Gasteiger charge is 2.21. The van der Waals surface area contributed by atoms with Crippen LogP contribution in [0.2, 0.25) is 0 Å². The molecule has 0 saturated carbocycles. The number of hydrogen-bond acceptors (Lipinski definition) is 1. The standard InChI is InChI=1S/C17H29N/c1-13(2)18-12-17(6,7)15-10-8-14(9-11-15)16(3,4)5/h8-11,13,18H,12H2,1-7H3. The van der Waals surface area contributed by atoms with Crippen LogP contribution in [0.1, 0.15) is 59.6 Å². The van der Waals surface area contributed by atoms with Crippen molar-refractivity contribution in [1.82, 2.24) is 5.32 Å². The average Bonchev–Trinajstić information content (AvgIpc) is 2.26. The fourth-order valence-electron chi connectivity index (χ4n) is 1.98. The molecule has 0 aliphatic rings. The average molecular weight is 247 g/mol. The van der Waals surface area contributed by atoms with E-state index in [4.69, 9.17) is 0 Å². The number of rotatable bonds is 4. The molecule has 0 saturated heterocycles. The van der Waals surface area contributed by atoms with Crippen LogP contribution in [0.5, 0.6) is 0 Å². The molecule has 0 spiro atoms. The summed E-state index contributed by atoms with van der Waals surface area (Å²) in [6.07, 6.45) is 0. The summed E-state index contributed by atoms with van der Waals surface area (Å²) in [5.41, 5.74) is 3.22. The number of hydrogen-bond donors (Lipinski definition) is 1. The molecular formula is C17H29N. The molecule has 0 fully saturated rings. The van der Waals surface area contributed by atoms with E-state index < -0.39 is 0 Å². The zero-order valence-electron chi connectivity index (χ0n) is 13.1. The molecular weight excluding hydrogens is 218 g/mol. The van der Waals surface area contributed by atoms with Crippen LogP contribution in [0.3, 0.4) is 0 Å². The van der Waals surface area contributed by atoms with Gasteiger partial charge >= 0.3 is 0 Å². The van der Waals surface area contributed by atoms with Crippen molar-refractivity contribution in [3.8, 4) is 0 Å². The smallest absolute Gasteiger partial charge is 0.00455 e. The third-order valence-electron chi connectivity index (χ3n) is 3.48. The first-order chi connectivity index (χ1) is 8.13. The van der Waals surface area contributed by atoms with Gasteiger partial charge in [-0.05, 0) is 16.5 Å². The number of nitrogens with one attached hydrogen (secondary N) is 1. The Hall–Kier alpha value is -0.820. The fraction of sp³-hybridized carbons (Fsp3) is 0.647. The van der Waals surface area contributed by atoms with Gasteiger partial charge in [0.25, 0.3) is 0 Å². The van der Waals surface area contributed by atoms with E-state index in [0.29, 0.717) is 6.04 Å². The molecule has 1 rings (SSSR count). The van der Waals surface area contributed by atoms with E-state index in [2.05, 4.69) is 78.0 Å². The minimum atomic E-state index is 0.181. The molecule has 0 heterocycles. The molecule has 0 aromatic heterocycles. The van der Waals surface area contributed by atoms with Crippen molar-refractivity contribution in [3.63, 3.8) is 0 Å². The van der Waals surface area contributed by atoms with Crippen LogP contribution in [0.15, 0.2) is 24.3 Å². The second-order valence-electron chi connectivity index (χ2n) is 7.25. The highest BCUT2D eigenvalue weighted by atomic mass is 14.9. The van der Waals surface area contributed by atoms with Gasteiger partial charge < -0.3 is 5.32 Å². The van der Waals surface area contributed by atoms with Crippen LogP contribution >= 0.6 is 0 Å². The van der Waals surface area contributed by atoms with Crippen LogP contribution in [-0.4, -0.2) is 12.6 Å². The molecule has 1 aromatic carbocycles. The van der Waals surface area contributed by atoms with Gasteiger partial charge in [0.05, 0.1) is 0 Å². The Labute approximate surface area is 113 Å². The minimum Gasteiger partial charge on any atom is -0.314 e.